The van der Waals surface area contributed by atoms with Gasteiger partial charge in [0, 0.05) is 51.8 Å². The molecule has 2 aromatic rings. The Hall–Kier alpha value is -3.20. The van der Waals surface area contributed by atoms with Crippen molar-refractivity contribution in [3.63, 3.8) is 0 Å². The van der Waals surface area contributed by atoms with Crippen molar-refractivity contribution in [3.05, 3.63) is 59.2 Å². The third-order valence-corrected chi connectivity index (χ3v) is 5.61. The molecule has 7 nitrogen and oxygen atoms in total. The molecule has 2 aromatic carbocycles. The summed E-state index contributed by atoms with van der Waals surface area (Å²) >= 11 is 0. The van der Waals surface area contributed by atoms with Crippen LogP contribution in [0.1, 0.15) is 28.8 Å². The molecule has 33 heavy (non-hydrogen) atoms. The van der Waals surface area contributed by atoms with Crippen molar-refractivity contribution in [1.29, 1.82) is 0 Å². The predicted molar refractivity (Wildman–Crippen MR) is 119 cm³/mol. The Labute approximate surface area is 192 Å². The number of hydrogen-bond acceptors (Lipinski definition) is 5. The zero-order valence-corrected chi connectivity index (χ0v) is 18.9. The third kappa shape index (κ3) is 6.64. The van der Waals surface area contributed by atoms with E-state index in [-0.39, 0.29) is 18.0 Å². The number of ether oxygens (including phenoxy) is 2. The largest absolute Gasteiger partial charge is 0.493 e. The van der Waals surface area contributed by atoms with Crippen LogP contribution in [0.5, 0.6) is 11.5 Å². The van der Waals surface area contributed by atoms with Crippen LogP contribution in [0, 0.1) is 11.6 Å². The highest BCUT2D eigenvalue weighted by Gasteiger charge is 2.21. The van der Waals surface area contributed by atoms with Crippen LogP contribution in [0.15, 0.2) is 36.4 Å². The van der Waals surface area contributed by atoms with Crippen LogP contribution in [0.3, 0.4) is 0 Å². The normalized spacial score (nSPS) is 14.1. The summed E-state index contributed by atoms with van der Waals surface area (Å²) in [6.07, 6.45) is 0.737. The molecule has 1 heterocycles. The van der Waals surface area contributed by atoms with Crippen molar-refractivity contribution in [3.8, 4) is 11.5 Å². The molecule has 3 rings (SSSR count). The Bertz CT molecular complexity index is 978. The first-order valence-electron chi connectivity index (χ1n) is 10.9. The highest BCUT2D eigenvalue weighted by molar-refractivity contribution is 5.94. The minimum Gasteiger partial charge on any atom is -0.493 e. The average Bonchev–Trinajstić information content (AvgIpc) is 2.82. The molecule has 0 bridgehead atoms. The van der Waals surface area contributed by atoms with Gasteiger partial charge in [-0.3, -0.25) is 14.5 Å². The number of amides is 2. The molecule has 0 spiro atoms. The molecule has 1 N–H and O–H groups in total. The summed E-state index contributed by atoms with van der Waals surface area (Å²) in [4.78, 5) is 28.6. The molecule has 1 saturated heterocycles. The number of carbonyl (C=O) groups is 2. The van der Waals surface area contributed by atoms with Gasteiger partial charge in [-0.15, -0.1) is 0 Å². The van der Waals surface area contributed by atoms with Crippen LogP contribution < -0.4 is 14.8 Å². The highest BCUT2D eigenvalue weighted by Crippen LogP contribution is 2.28. The first-order valence-corrected chi connectivity index (χ1v) is 10.9. The number of nitrogens with zero attached hydrogens (tertiary/aromatic N) is 2. The monoisotopic (exact) mass is 461 g/mol. The average molecular weight is 462 g/mol. The van der Waals surface area contributed by atoms with Crippen LogP contribution in [-0.2, 0) is 11.3 Å². The first-order chi connectivity index (χ1) is 15.9. The fourth-order valence-corrected chi connectivity index (χ4v) is 3.76. The molecule has 9 heteroatoms. The van der Waals surface area contributed by atoms with Gasteiger partial charge in [0.25, 0.3) is 5.91 Å². The summed E-state index contributed by atoms with van der Waals surface area (Å²) in [5.74, 6) is -0.853. The van der Waals surface area contributed by atoms with Gasteiger partial charge in [0.05, 0.1) is 19.8 Å². The van der Waals surface area contributed by atoms with Crippen LogP contribution in [0.4, 0.5) is 8.78 Å². The van der Waals surface area contributed by atoms with E-state index in [9.17, 15) is 18.4 Å². The number of halogens is 2. The van der Waals surface area contributed by atoms with E-state index in [0.717, 1.165) is 37.3 Å². The molecule has 1 aliphatic heterocycles. The lowest BCUT2D eigenvalue weighted by Gasteiger charge is -2.35. The molecule has 0 aromatic heterocycles. The molecule has 0 radical (unpaired) electrons. The number of carbonyl (C=O) groups excluding carboxylic acids is 2. The Kier molecular flexibility index (Phi) is 8.59. The Balaban J connectivity index is 1.37. The van der Waals surface area contributed by atoms with Crippen molar-refractivity contribution in [2.45, 2.75) is 19.4 Å². The van der Waals surface area contributed by atoms with Crippen molar-refractivity contribution in [2.24, 2.45) is 0 Å². The van der Waals surface area contributed by atoms with E-state index in [1.165, 1.54) is 0 Å². The van der Waals surface area contributed by atoms with E-state index < -0.39 is 17.5 Å². The summed E-state index contributed by atoms with van der Waals surface area (Å²) in [5.41, 5.74) is 0.897. The lowest BCUT2D eigenvalue weighted by Crippen LogP contribution is -2.48. The van der Waals surface area contributed by atoms with Crippen molar-refractivity contribution in [1.82, 2.24) is 15.1 Å². The number of nitrogens with one attached hydrogen (secondary N) is 1. The van der Waals surface area contributed by atoms with Crippen LogP contribution in [0.2, 0.25) is 0 Å². The lowest BCUT2D eigenvalue weighted by molar-refractivity contribution is -0.133. The van der Waals surface area contributed by atoms with Gasteiger partial charge in [-0.05, 0) is 36.2 Å². The number of benzene rings is 2. The molecule has 1 aliphatic rings. The minimum atomic E-state index is -0.908. The molecule has 178 valence electrons. The van der Waals surface area contributed by atoms with Crippen LogP contribution in [-0.4, -0.2) is 68.6 Å². The molecule has 2 amide bonds. The standard InChI is InChI=1S/C24H29F2N3O4/c1-32-21-8-5-17(14-22(21)33-2)16-28-10-12-29(13-11-28)23(30)4-3-9-27-24(31)19-7-6-18(25)15-20(19)26/h5-8,14-15H,3-4,9-13,16H2,1-2H3,(H,27,31). The summed E-state index contributed by atoms with van der Waals surface area (Å²) in [5, 5.41) is 2.57. The quantitative estimate of drug-likeness (QED) is 0.582. The second-order valence-corrected chi connectivity index (χ2v) is 7.83. The maximum atomic E-state index is 13.6. The van der Waals surface area contributed by atoms with E-state index in [4.69, 9.17) is 9.47 Å². The van der Waals surface area contributed by atoms with E-state index in [2.05, 4.69) is 10.2 Å². The second-order valence-electron chi connectivity index (χ2n) is 7.83. The topological polar surface area (TPSA) is 71.1 Å². The van der Waals surface area contributed by atoms with E-state index >= 15 is 0 Å². The second kappa shape index (κ2) is 11.6. The minimum absolute atomic E-state index is 0.0305. The van der Waals surface area contributed by atoms with E-state index in [0.29, 0.717) is 43.5 Å². The SMILES string of the molecule is COc1ccc(CN2CCN(C(=O)CCCNC(=O)c3ccc(F)cc3F)CC2)cc1OC. The zero-order valence-electron chi connectivity index (χ0n) is 18.9. The smallest absolute Gasteiger partial charge is 0.254 e. The Morgan fingerprint density at radius 1 is 0.970 bits per heavy atom. The molecule has 1 fully saturated rings. The van der Waals surface area contributed by atoms with Crippen LogP contribution in [0.25, 0.3) is 0 Å². The van der Waals surface area contributed by atoms with Crippen LogP contribution >= 0.6 is 0 Å². The lowest BCUT2D eigenvalue weighted by atomic mass is 10.1. The van der Waals surface area contributed by atoms with Gasteiger partial charge in [0.1, 0.15) is 11.6 Å². The highest BCUT2D eigenvalue weighted by atomic mass is 19.1. The summed E-state index contributed by atoms with van der Waals surface area (Å²) in [7, 11) is 3.21. The number of methoxy groups -OCH3 is 2. The third-order valence-electron chi connectivity index (χ3n) is 5.61. The Morgan fingerprint density at radius 2 is 1.70 bits per heavy atom. The fraction of sp³-hybridized carbons (Fsp3) is 0.417. The summed E-state index contributed by atoms with van der Waals surface area (Å²) in [6.45, 7) is 3.80. The summed E-state index contributed by atoms with van der Waals surface area (Å²) in [6, 6.07) is 8.66. The van der Waals surface area contributed by atoms with Gasteiger partial charge < -0.3 is 19.7 Å². The number of rotatable bonds is 9. The van der Waals surface area contributed by atoms with Gasteiger partial charge >= 0.3 is 0 Å². The number of piperazine rings is 1. The van der Waals surface area contributed by atoms with Gasteiger partial charge in [0.15, 0.2) is 11.5 Å². The van der Waals surface area contributed by atoms with Gasteiger partial charge in [0.2, 0.25) is 5.91 Å². The van der Waals surface area contributed by atoms with E-state index in [1.807, 2.05) is 23.1 Å². The maximum absolute atomic E-state index is 13.6. The van der Waals surface area contributed by atoms with E-state index in [1.54, 1.807) is 14.2 Å². The first kappa shape index (κ1) is 24.4. The van der Waals surface area contributed by atoms with Gasteiger partial charge in [-0.1, -0.05) is 6.07 Å². The Morgan fingerprint density at radius 3 is 2.36 bits per heavy atom. The molecular formula is C24H29F2N3O4. The predicted octanol–water partition coefficient (Wildman–Crippen LogP) is 2.84. The van der Waals surface area contributed by atoms with Crippen molar-refractivity contribution >= 4 is 11.8 Å². The van der Waals surface area contributed by atoms with Crippen molar-refractivity contribution < 1.29 is 27.8 Å². The molecule has 0 saturated carbocycles. The fourth-order valence-electron chi connectivity index (χ4n) is 3.76. The van der Waals surface area contributed by atoms with Gasteiger partial charge in [-0.25, -0.2) is 8.78 Å². The molecule has 0 unspecified atom stereocenters. The molecule has 0 aliphatic carbocycles. The molecular weight excluding hydrogens is 432 g/mol. The zero-order chi connectivity index (χ0) is 23.8. The molecule has 0 atom stereocenters. The van der Waals surface area contributed by atoms with Gasteiger partial charge in [-0.2, -0.15) is 0 Å². The summed E-state index contributed by atoms with van der Waals surface area (Å²) < 4.78 is 37.2. The maximum Gasteiger partial charge on any atom is 0.254 e. The van der Waals surface area contributed by atoms with Crippen molar-refractivity contribution in [2.75, 3.05) is 46.9 Å². The number of hydrogen-bond donors (Lipinski definition) is 1.